The van der Waals surface area contributed by atoms with Crippen LogP contribution in [0.4, 0.5) is 10.1 Å². The van der Waals surface area contributed by atoms with Crippen LogP contribution in [0.3, 0.4) is 0 Å². The number of hydrogen-bond acceptors (Lipinski definition) is 4. The zero-order chi connectivity index (χ0) is 20.6. The SMILES string of the molecule is COc1ccc(C=CC(=O)Nc2ccccc2COc2ccc(F)cc2)cc1O. The zero-order valence-corrected chi connectivity index (χ0v) is 15.8. The first-order chi connectivity index (χ1) is 14.0. The van der Waals surface area contributed by atoms with Gasteiger partial charge < -0.3 is 19.9 Å². The van der Waals surface area contributed by atoms with E-state index in [1.54, 1.807) is 36.4 Å². The molecule has 2 N–H and O–H groups in total. The van der Waals surface area contributed by atoms with Crippen LogP contribution in [0.15, 0.2) is 72.8 Å². The molecule has 0 radical (unpaired) electrons. The Morgan fingerprint density at radius 2 is 1.86 bits per heavy atom. The summed E-state index contributed by atoms with van der Waals surface area (Å²) >= 11 is 0. The summed E-state index contributed by atoms with van der Waals surface area (Å²) in [5.74, 6) is 0.239. The summed E-state index contributed by atoms with van der Waals surface area (Å²) in [6.45, 7) is 0.220. The van der Waals surface area contributed by atoms with Gasteiger partial charge in [0.15, 0.2) is 11.5 Å². The van der Waals surface area contributed by atoms with Crippen molar-refractivity contribution < 1.29 is 23.8 Å². The molecular formula is C23H20FNO4. The van der Waals surface area contributed by atoms with Crippen LogP contribution < -0.4 is 14.8 Å². The molecule has 3 aromatic carbocycles. The van der Waals surface area contributed by atoms with Gasteiger partial charge in [-0.15, -0.1) is 0 Å². The monoisotopic (exact) mass is 393 g/mol. The maximum atomic E-state index is 13.0. The minimum absolute atomic E-state index is 0.00153. The van der Waals surface area contributed by atoms with Crippen LogP contribution in [0.1, 0.15) is 11.1 Å². The second-order valence-corrected chi connectivity index (χ2v) is 6.15. The fourth-order valence-electron chi connectivity index (χ4n) is 2.62. The number of aromatic hydroxyl groups is 1. The molecule has 3 rings (SSSR count). The first kappa shape index (κ1) is 19.9. The summed E-state index contributed by atoms with van der Waals surface area (Å²) in [7, 11) is 1.47. The van der Waals surface area contributed by atoms with Gasteiger partial charge in [-0.2, -0.15) is 0 Å². The number of rotatable bonds is 7. The number of nitrogens with one attached hydrogen (secondary N) is 1. The van der Waals surface area contributed by atoms with Gasteiger partial charge in [0.25, 0.3) is 0 Å². The van der Waals surface area contributed by atoms with E-state index in [1.165, 1.54) is 31.4 Å². The highest BCUT2D eigenvalue weighted by Gasteiger charge is 2.06. The fourth-order valence-corrected chi connectivity index (χ4v) is 2.62. The summed E-state index contributed by atoms with van der Waals surface area (Å²) in [6.07, 6.45) is 2.96. The summed E-state index contributed by atoms with van der Waals surface area (Å²) in [4.78, 5) is 12.3. The van der Waals surface area contributed by atoms with Crippen LogP contribution >= 0.6 is 0 Å². The number of phenolic OH excluding ortho intramolecular Hbond substituents is 1. The number of benzene rings is 3. The average molecular weight is 393 g/mol. The lowest BCUT2D eigenvalue weighted by molar-refractivity contribution is -0.111. The van der Waals surface area contributed by atoms with Crippen molar-refractivity contribution in [3.05, 3.63) is 89.8 Å². The van der Waals surface area contributed by atoms with E-state index in [9.17, 15) is 14.3 Å². The molecule has 5 nitrogen and oxygen atoms in total. The number of halogens is 1. The maximum absolute atomic E-state index is 13.0. The summed E-state index contributed by atoms with van der Waals surface area (Å²) in [5.41, 5.74) is 2.05. The maximum Gasteiger partial charge on any atom is 0.248 e. The molecule has 148 valence electrons. The molecule has 1 amide bonds. The Morgan fingerprint density at radius 3 is 2.59 bits per heavy atom. The lowest BCUT2D eigenvalue weighted by atomic mass is 10.1. The zero-order valence-electron chi connectivity index (χ0n) is 15.8. The van der Waals surface area contributed by atoms with E-state index >= 15 is 0 Å². The second-order valence-electron chi connectivity index (χ2n) is 6.15. The highest BCUT2D eigenvalue weighted by Crippen LogP contribution is 2.26. The van der Waals surface area contributed by atoms with Crippen LogP contribution in [0.5, 0.6) is 17.2 Å². The van der Waals surface area contributed by atoms with E-state index < -0.39 is 0 Å². The minimum Gasteiger partial charge on any atom is -0.504 e. The second kappa shape index (κ2) is 9.41. The average Bonchev–Trinajstić information content (AvgIpc) is 2.73. The van der Waals surface area contributed by atoms with Crippen LogP contribution in [0.25, 0.3) is 6.08 Å². The van der Waals surface area contributed by atoms with Crippen molar-refractivity contribution in [2.24, 2.45) is 0 Å². The molecule has 29 heavy (non-hydrogen) atoms. The summed E-state index contributed by atoms with van der Waals surface area (Å²) in [6, 6.07) is 17.9. The molecule has 0 aliphatic carbocycles. The van der Waals surface area contributed by atoms with Gasteiger partial charge in [0.2, 0.25) is 5.91 Å². The van der Waals surface area contributed by atoms with Crippen LogP contribution in [-0.2, 0) is 11.4 Å². The molecule has 0 aliphatic rings. The molecule has 0 unspecified atom stereocenters. The number of ether oxygens (including phenoxy) is 2. The number of methoxy groups -OCH3 is 1. The highest BCUT2D eigenvalue weighted by molar-refractivity contribution is 6.02. The van der Waals surface area contributed by atoms with Crippen LogP contribution in [0.2, 0.25) is 0 Å². The van der Waals surface area contributed by atoms with Crippen molar-refractivity contribution in [1.29, 1.82) is 0 Å². The molecule has 0 aliphatic heterocycles. The third-order valence-corrected chi connectivity index (χ3v) is 4.11. The number of amides is 1. The largest absolute Gasteiger partial charge is 0.504 e. The molecule has 0 fully saturated rings. The Bertz CT molecular complexity index is 1020. The van der Waals surface area contributed by atoms with E-state index in [2.05, 4.69) is 5.32 Å². The van der Waals surface area contributed by atoms with E-state index in [0.29, 0.717) is 22.7 Å². The fraction of sp³-hybridized carbons (Fsp3) is 0.0870. The van der Waals surface area contributed by atoms with Crippen molar-refractivity contribution in [3.63, 3.8) is 0 Å². The lowest BCUT2D eigenvalue weighted by Gasteiger charge is -2.11. The lowest BCUT2D eigenvalue weighted by Crippen LogP contribution is -2.10. The number of anilines is 1. The van der Waals surface area contributed by atoms with Crippen molar-refractivity contribution in [2.45, 2.75) is 6.61 Å². The van der Waals surface area contributed by atoms with E-state index in [0.717, 1.165) is 5.56 Å². The number of phenols is 1. The van der Waals surface area contributed by atoms with Gasteiger partial charge in [-0.1, -0.05) is 24.3 Å². The van der Waals surface area contributed by atoms with Crippen LogP contribution in [-0.4, -0.2) is 18.1 Å². The van der Waals surface area contributed by atoms with Crippen molar-refractivity contribution in [2.75, 3.05) is 12.4 Å². The molecule has 0 bridgehead atoms. The van der Waals surface area contributed by atoms with E-state index in [4.69, 9.17) is 9.47 Å². The molecule has 0 aromatic heterocycles. The van der Waals surface area contributed by atoms with Crippen LogP contribution in [0, 0.1) is 5.82 Å². The van der Waals surface area contributed by atoms with Crippen molar-refractivity contribution >= 4 is 17.7 Å². The van der Waals surface area contributed by atoms with Crippen molar-refractivity contribution in [3.8, 4) is 17.2 Å². The Kier molecular flexibility index (Phi) is 6.47. The molecule has 6 heteroatoms. The third-order valence-electron chi connectivity index (χ3n) is 4.11. The number of carbonyl (C=O) groups excluding carboxylic acids is 1. The predicted octanol–water partition coefficient (Wildman–Crippen LogP) is 4.77. The Labute approximate surface area is 168 Å². The molecule has 3 aromatic rings. The molecule has 0 saturated heterocycles. The van der Waals surface area contributed by atoms with Gasteiger partial charge in [-0.05, 0) is 54.1 Å². The predicted molar refractivity (Wildman–Crippen MR) is 109 cm³/mol. The Balaban J connectivity index is 1.64. The quantitative estimate of drug-likeness (QED) is 0.568. The van der Waals surface area contributed by atoms with Gasteiger partial charge >= 0.3 is 0 Å². The molecule has 0 heterocycles. The number of para-hydroxylation sites is 1. The highest BCUT2D eigenvalue weighted by atomic mass is 19.1. The minimum atomic E-state index is -0.332. The van der Waals surface area contributed by atoms with Gasteiger partial charge in [-0.25, -0.2) is 4.39 Å². The molecule has 0 atom stereocenters. The van der Waals surface area contributed by atoms with E-state index in [-0.39, 0.29) is 24.1 Å². The first-order valence-corrected chi connectivity index (χ1v) is 8.87. The standard InChI is InChI=1S/C23H20FNO4/c1-28-22-12-6-16(14-21(22)26)7-13-23(27)25-20-5-3-2-4-17(20)15-29-19-10-8-18(24)9-11-19/h2-14,26H,15H2,1H3,(H,25,27). The number of hydrogen-bond donors (Lipinski definition) is 2. The third kappa shape index (κ3) is 5.59. The summed E-state index contributed by atoms with van der Waals surface area (Å²) < 4.78 is 23.6. The molecule has 0 saturated carbocycles. The van der Waals surface area contributed by atoms with Gasteiger partial charge in [0, 0.05) is 17.3 Å². The van der Waals surface area contributed by atoms with Crippen molar-refractivity contribution in [1.82, 2.24) is 0 Å². The normalized spacial score (nSPS) is 10.7. The molecular weight excluding hydrogens is 373 g/mol. The van der Waals surface area contributed by atoms with Gasteiger partial charge in [0.05, 0.1) is 7.11 Å². The Morgan fingerprint density at radius 1 is 1.10 bits per heavy atom. The van der Waals surface area contributed by atoms with Gasteiger partial charge in [0.1, 0.15) is 18.2 Å². The molecule has 0 spiro atoms. The first-order valence-electron chi connectivity index (χ1n) is 8.87. The topological polar surface area (TPSA) is 67.8 Å². The van der Waals surface area contributed by atoms with E-state index in [1.807, 2.05) is 18.2 Å². The Hall–Kier alpha value is -3.80. The summed E-state index contributed by atoms with van der Waals surface area (Å²) in [5, 5.41) is 12.6. The van der Waals surface area contributed by atoms with Gasteiger partial charge in [-0.3, -0.25) is 4.79 Å². The smallest absolute Gasteiger partial charge is 0.248 e. The number of carbonyl (C=O) groups is 1.